The van der Waals surface area contributed by atoms with Crippen LogP contribution in [0.15, 0.2) is 48.5 Å². The molecule has 0 aliphatic carbocycles. The van der Waals surface area contributed by atoms with Crippen LogP contribution in [0.4, 0.5) is 11.4 Å². The molecule has 2 aromatic carbocycles. The van der Waals surface area contributed by atoms with Crippen LogP contribution in [0, 0.1) is 11.8 Å². The molecule has 0 aliphatic rings. The average molecular weight is 452 g/mol. The van der Waals surface area contributed by atoms with Gasteiger partial charge in [-0.1, -0.05) is 65.0 Å². The van der Waals surface area contributed by atoms with Crippen LogP contribution >= 0.6 is 0 Å². The first kappa shape index (κ1) is 26.4. The minimum Gasteiger partial charge on any atom is -0.377 e. The molecule has 0 saturated heterocycles. The molecule has 0 aromatic heterocycles. The van der Waals surface area contributed by atoms with Gasteiger partial charge < -0.3 is 15.1 Å². The van der Waals surface area contributed by atoms with E-state index in [1.807, 2.05) is 81.4 Å². The minimum absolute atomic E-state index is 0.0165. The van der Waals surface area contributed by atoms with Gasteiger partial charge in [-0.25, -0.2) is 0 Å². The molecule has 0 radical (unpaired) electrons. The van der Waals surface area contributed by atoms with Crippen molar-refractivity contribution in [3.8, 4) is 0 Å². The Hall–Kier alpha value is -2.82. The van der Waals surface area contributed by atoms with E-state index in [0.717, 1.165) is 28.9 Å². The van der Waals surface area contributed by atoms with E-state index in [-0.39, 0.29) is 29.7 Å². The maximum Gasteiger partial charge on any atom is 0.230 e. The van der Waals surface area contributed by atoms with E-state index in [1.54, 1.807) is 0 Å². The lowest BCUT2D eigenvalue weighted by atomic mass is 9.92. The summed E-state index contributed by atoms with van der Waals surface area (Å²) in [4.78, 5) is 30.2. The van der Waals surface area contributed by atoms with Crippen molar-refractivity contribution in [3.05, 3.63) is 59.7 Å². The van der Waals surface area contributed by atoms with Crippen molar-refractivity contribution in [1.29, 1.82) is 0 Å². The number of benzene rings is 2. The topological polar surface area (TPSA) is 52.7 Å². The third-order valence-corrected chi connectivity index (χ3v) is 6.34. The zero-order valence-electron chi connectivity index (χ0n) is 21.6. The highest BCUT2D eigenvalue weighted by atomic mass is 16.2. The van der Waals surface area contributed by atoms with E-state index in [9.17, 15) is 9.59 Å². The molecular weight excluding hydrogens is 410 g/mol. The van der Waals surface area contributed by atoms with Gasteiger partial charge in [-0.2, -0.15) is 0 Å². The summed E-state index contributed by atoms with van der Waals surface area (Å²) in [6.45, 7) is 12.7. The van der Waals surface area contributed by atoms with Crippen molar-refractivity contribution in [3.63, 3.8) is 0 Å². The summed E-state index contributed by atoms with van der Waals surface area (Å²) in [6.07, 6.45) is 0.745. The van der Waals surface area contributed by atoms with E-state index in [2.05, 4.69) is 37.9 Å². The van der Waals surface area contributed by atoms with Crippen LogP contribution in [0.2, 0.25) is 0 Å². The Balaban J connectivity index is 2.47. The standard InChI is InChI=1S/C28H41N3O2/c1-9-25(22-13-11-10-12-14-22)28(33)31(21(6)19(2)3)18-23-17-24(29-27(32)20(4)5)15-16-26(23)30(7)8/h10-17,19-21,25H,9,18H2,1-8H3,(H,29,32)/t21-,25-/m1/s1. The molecule has 5 nitrogen and oxygen atoms in total. The van der Waals surface area contributed by atoms with Gasteiger partial charge in [0.2, 0.25) is 11.8 Å². The molecule has 0 aliphatic heterocycles. The Morgan fingerprint density at radius 2 is 1.58 bits per heavy atom. The van der Waals surface area contributed by atoms with Gasteiger partial charge in [-0.15, -0.1) is 0 Å². The Morgan fingerprint density at radius 3 is 2.09 bits per heavy atom. The molecule has 2 amide bonds. The second-order valence-electron chi connectivity index (χ2n) is 9.70. The molecule has 5 heteroatoms. The van der Waals surface area contributed by atoms with Gasteiger partial charge in [0.05, 0.1) is 5.92 Å². The van der Waals surface area contributed by atoms with Crippen LogP contribution in [0.25, 0.3) is 0 Å². The molecule has 180 valence electrons. The molecule has 0 bridgehead atoms. The maximum atomic E-state index is 13.9. The van der Waals surface area contributed by atoms with Crippen molar-refractivity contribution in [1.82, 2.24) is 4.90 Å². The van der Waals surface area contributed by atoms with Gasteiger partial charge >= 0.3 is 0 Å². The summed E-state index contributed by atoms with van der Waals surface area (Å²) in [5.74, 6) is 0.161. The molecule has 33 heavy (non-hydrogen) atoms. The molecule has 0 heterocycles. The van der Waals surface area contributed by atoms with Crippen LogP contribution in [0.3, 0.4) is 0 Å². The highest BCUT2D eigenvalue weighted by Crippen LogP contribution is 2.30. The summed E-state index contributed by atoms with van der Waals surface area (Å²) >= 11 is 0. The summed E-state index contributed by atoms with van der Waals surface area (Å²) in [6, 6.07) is 16.1. The number of anilines is 2. The Bertz CT molecular complexity index is 922. The normalized spacial score (nSPS) is 13.0. The van der Waals surface area contributed by atoms with Gasteiger partial charge in [-0.3, -0.25) is 9.59 Å². The first-order valence-corrected chi connectivity index (χ1v) is 12.0. The molecule has 2 aromatic rings. The predicted molar refractivity (Wildman–Crippen MR) is 139 cm³/mol. The van der Waals surface area contributed by atoms with Crippen LogP contribution < -0.4 is 10.2 Å². The number of carbonyl (C=O) groups is 2. The number of hydrogen-bond donors (Lipinski definition) is 1. The molecule has 0 spiro atoms. The highest BCUT2D eigenvalue weighted by molar-refractivity contribution is 5.92. The Morgan fingerprint density at radius 1 is 0.939 bits per heavy atom. The lowest BCUT2D eigenvalue weighted by molar-refractivity contribution is -0.136. The SMILES string of the molecule is CC[C@@H](C(=O)N(Cc1cc(NC(=O)C(C)C)ccc1N(C)C)[C@H](C)C(C)C)c1ccccc1. The van der Waals surface area contributed by atoms with E-state index >= 15 is 0 Å². The lowest BCUT2D eigenvalue weighted by Gasteiger charge is -2.36. The van der Waals surface area contributed by atoms with E-state index in [1.165, 1.54) is 0 Å². The zero-order valence-corrected chi connectivity index (χ0v) is 21.6. The number of carbonyl (C=O) groups excluding carboxylic acids is 2. The minimum atomic E-state index is -0.181. The first-order chi connectivity index (χ1) is 15.6. The summed E-state index contributed by atoms with van der Waals surface area (Å²) in [5.41, 5.74) is 3.87. The maximum absolute atomic E-state index is 13.9. The number of nitrogens with zero attached hydrogens (tertiary/aromatic N) is 2. The number of amides is 2. The number of rotatable bonds is 10. The molecule has 0 saturated carbocycles. The Kier molecular flexibility index (Phi) is 9.51. The van der Waals surface area contributed by atoms with Crippen LogP contribution in [0.1, 0.15) is 65.0 Å². The van der Waals surface area contributed by atoms with Gasteiger partial charge in [0.15, 0.2) is 0 Å². The highest BCUT2D eigenvalue weighted by Gasteiger charge is 2.30. The van der Waals surface area contributed by atoms with Crippen molar-refractivity contribution < 1.29 is 9.59 Å². The van der Waals surface area contributed by atoms with Crippen molar-refractivity contribution in [2.24, 2.45) is 11.8 Å². The molecular formula is C28H41N3O2. The molecule has 2 rings (SSSR count). The lowest BCUT2D eigenvalue weighted by Crippen LogP contribution is -2.43. The predicted octanol–water partition coefficient (Wildman–Crippen LogP) is 5.91. The van der Waals surface area contributed by atoms with Gasteiger partial charge in [0.25, 0.3) is 0 Å². The van der Waals surface area contributed by atoms with Crippen molar-refractivity contribution in [2.45, 2.75) is 66.5 Å². The van der Waals surface area contributed by atoms with E-state index < -0.39 is 0 Å². The average Bonchev–Trinajstić information content (AvgIpc) is 2.77. The van der Waals surface area contributed by atoms with E-state index in [4.69, 9.17) is 0 Å². The van der Waals surface area contributed by atoms with Crippen molar-refractivity contribution >= 4 is 23.2 Å². The molecule has 0 unspecified atom stereocenters. The molecule has 1 N–H and O–H groups in total. The van der Waals surface area contributed by atoms with E-state index in [0.29, 0.717) is 12.5 Å². The monoisotopic (exact) mass is 451 g/mol. The fraction of sp³-hybridized carbons (Fsp3) is 0.500. The summed E-state index contributed by atoms with van der Waals surface area (Å²) in [5, 5.41) is 3.00. The van der Waals surface area contributed by atoms with Crippen molar-refractivity contribution in [2.75, 3.05) is 24.3 Å². The third kappa shape index (κ3) is 6.83. The molecule has 0 fully saturated rings. The van der Waals surface area contributed by atoms with Gasteiger partial charge in [0.1, 0.15) is 0 Å². The molecule has 2 atom stereocenters. The number of nitrogens with one attached hydrogen (secondary N) is 1. The Labute approximate surface area is 200 Å². The number of hydrogen-bond acceptors (Lipinski definition) is 3. The first-order valence-electron chi connectivity index (χ1n) is 12.0. The fourth-order valence-electron chi connectivity index (χ4n) is 3.92. The summed E-state index contributed by atoms with van der Waals surface area (Å²) in [7, 11) is 4.00. The third-order valence-electron chi connectivity index (χ3n) is 6.34. The van der Waals surface area contributed by atoms with Gasteiger partial charge in [0, 0.05) is 44.0 Å². The summed E-state index contributed by atoms with van der Waals surface area (Å²) < 4.78 is 0. The smallest absolute Gasteiger partial charge is 0.230 e. The van der Waals surface area contributed by atoms with Crippen LogP contribution in [-0.2, 0) is 16.1 Å². The zero-order chi connectivity index (χ0) is 24.7. The second-order valence-corrected chi connectivity index (χ2v) is 9.70. The van der Waals surface area contributed by atoms with Gasteiger partial charge in [-0.05, 0) is 48.6 Å². The largest absolute Gasteiger partial charge is 0.377 e. The quantitative estimate of drug-likeness (QED) is 0.488. The second kappa shape index (κ2) is 11.9. The van der Waals surface area contributed by atoms with Crippen LogP contribution in [-0.4, -0.2) is 36.9 Å². The van der Waals surface area contributed by atoms with Crippen LogP contribution in [0.5, 0.6) is 0 Å². The fourth-order valence-corrected chi connectivity index (χ4v) is 3.92.